The van der Waals surface area contributed by atoms with Gasteiger partial charge in [0.2, 0.25) is 0 Å². The zero-order chi connectivity index (χ0) is 20.1. The van der Waals surface area contributed by atoms with Crippen LogP contribution in [0.1, 0.15) is 12.8 Å². The molecular weight excluding hydrogens is 366 g/mol. The van der Waals surface area contributed by atoms with Crippen LogP contribution in [0.4, 0.5) is 10.5 Å². The van der Waals surface area contributed by atoms with E-state index in [1.165, 1.54) is 0 Å². The highest BCUT2D eigenvalue weighted by atomic mass is 16.5. The number of nitrogens with zero attached hydrogens (tertiary/aromatic N) is 3. The Morgan fingerprint density at radius 2 is 1.62 bits per heavy atom. The summed E-state index contributed by atoms with van der Waals surface area (Å²) in [5, 5.41) is 9.43. The van der Waals surface area contributed by atoms with Gasteiger partial charge in [-0.25, -0.2) is 4.79 Å². The molecule has 0 aliphatic carbocycles. The molecule has 4 rings (SSSR count). The van der Waals surface area contributed by atoms with Gasteiger partial charge in [-0.2, -0.15) is 0 Å². The Labute approximate surface area is 172 Å². The second kappa shape index (κ2) is 9.18. The number of likely N-dealkylation sites (tertiary alicyclic amines) is 1. The van der Waals surface area contributed by atoms with Crippen LogP contribution >= 0.6 is 0 Å². The lowest BCUT2D eigenvalue weighted by Crippen LogP contribution is -2.41. The minimum Gasteiger partial charge on any atom is -0.508 e. The molecule has 2 aliphatic heterocycles. The van der Waals surface area contributed by atoms with Gasteiger partial charge in [0, 0.05) is 31.9 Å². The highest BCUT2D eigenvalue weighted by Crippen LogP contribution is 2.23. The van der Waals surface area contributed by atoms with Crippen molar-refractivity contribution in [2.45, 2.75) is 12.8 Å². The number of para-hydroxylation sites is 1. The first-order valence-electron chi connectivity index (χ1n) is 10.4. The SMILES string of the molecule is O=C1N(CCN2CCC(COc3ccccc3)CC2)CCN1c1ccc(O)cc1. The number of ether oxygens (including phenoxy) is 1. The summed E-state index contributed by atoms with van der Waals surface area (Å²) in [4.78, 5) is 18.9. The molecule has 0 unspecified atom stereocenters. The van der Waals surface area contributed by atoms with Crippen LogP contribution in [0.25, 0.3) is 0 Å². The smallest absolute Gasteiger partial charge is 0.324 e. The van der Waals surface area contributed by atoms with Gasteiger partial charge in [0.05, 0.1) is 6.61 Å². The number of phenolic OH excluding ortho intramolecular Hbond substituents is 1. The Kier molecular flexibility index (Phi) is 6.20. The van der Waals surface area contributed by atoms with Crippen LogP contribution in [0.2, 0.25) is 0 Å². The predicted molar refractivity (Wildman–Crippen MR) is 114 cm³/mol. The van der Waals surface area contributed by atoms with Gasteiger partial charge in [-0.05, 0) is 68.2 Å². The third-order valence-corrected chi connectivity index (χ3v) is 5.88. The highest BCUT2D eigenvalue weighted by Gasteiger charge is 2.30. The van der Waals surface area contributed by atoms with Crippen LogP contribution in [0.3, 0.4) is 0 Å². The molecule has 1 N–H and O–H groups in total. The van der Waals surface area contributed by atoms with Crippen LogP contribution in [-0.4, -0.2) is 66.8 Å². The van der Waals surface area contributed by atoms with E-state index >= 15 is 0 Å². The fourth-order valence-electron chi connectivity index (χ4n) is 4.03. The number of phenols is 1. The lowest BCUT2D eigenvalue weighted by Gasteiger charge is -2.32. The zero-order valence-electron chi connectivity index (χ0n) is 16.7. The topological polar surface area (TPSA) is 56.2 Å². The summed E-state index contributed by atoms with van der Waals surface area (Å²) < 4.78 is 5.90. The van der Waals surface area contributed by atoms with Crippen molar-refractivity contribution in [1.29, 1.82) is 0 Å². The van der Waals surface area contributed by atoms with Crippen molar-refractivity contribution in [2.75, 3.05) is 50.8 Å². The Morgan fingerprint density at radius 3 is 2.34 bits per heavy atom. The number of amides is 2. The molecule has 0 radical (unpaired) electrons. The molecule has 0 saturated carbocycles. The van der Waals surface area contributed by atoms with E-state index in [0.29, 0.717) is 12.5 Å². The molecule has 2 heterocycles. The lowest BCUT2D eigenvalue weighted by atomic mass is 9.98. The summed E-state index contributed by atoms with van der Waals surface area (Å²) in [6, 6.07) is 16.9. The van der Waals surface area contributed by atoms with Crippen molar-refractivity contribution < 1.29 is 14.6 Å². The Hall–Kier alpha value is -2.73. The molecule has 6 nitrogen and oxygen atoms in total. The lowest BCUT2D eigenvalue weighted by molar-refractivity contribution is 0.133. The van der Waals surface area contributed by atoms with Crippen LogP contribution in [0.5, 0.6) is 11.5 Å². The molecule has 154 valence electrons. The number of carbonyl (C=O) groups excluding carboxylic acids is 1. The van der Waals surface area contributed by atoms with Crippen molar-refractivity contribution in [3.05, 3.63) is 54.6 Å². The normalized spacial score (nSPS) is 18.4. The van der Waals surface area contributed by atoms with Gasteiger partial charge in [0.25, 0.3) is 0 Å². The third-order valence-electron chi connectivity index (χ3n) is 5.88. The maximum Gasteiger partial charge on any atom is 0.324 e. The molecule has 2 amide bonds. The number of benzene rings is 2. The summed E-state index contributed by atoms with van der Waals surface area (Å²) in [6.45, 7) is 6.03. The molecule has 2 aromatic rings. The first-order valence-corrected chi connectivity index (χ1v) is 10.4. The van der Waals surface area contributed by atoms with Gasteiger partial charge in [-0.3, -0.25) is 4.90 Å². The predicted octanol–water partition coefficient (Wildman–Crippen LogP) is 3.43. The van der Waals surface area contributed by atoms with Gasteiger partial charge >= 0.3 is 6.03 Å². The van der Waals surface area contributed by atoms with E-state index in [-0.39, 0.29) is 11.8 Å². The quantitative estimate of drug-likeness (QED) is 0.780. The molecule has 2 aromatic carbocycles. The molecule has 0 bridgehead atoms. The number of hydrogen-bond donors (Lipinski definition) is 1. The van der Waals surface area contributed by atoms with E-state index in [0.717, 1.165) is 63.6 Å². The number of hydrogen-bond acceptors (Lipinski definition) is 4. The number of urea groups is 1. The van der Waals surface area contributed by atoms with E-state index in [1.807, 2.05) is 35.2 Å². The van der Waals surface area contributed by atoms with Gasteiger partial charge < -0.3 is 19.6 Å². The average Bonchev–Trinajstić information content (AvgIpc) is 3.13. The van der Waals surface area contributed by atoms with E-state index in [1.54, 1.807) is 29.2 Å². The molecule has 2 saturated heterocycles. The second-order valence-corrected chi connectivity index (χ2v) is 7.85. The second-order valence-electron chi connectivity index (χ2n) is 7.85. The first-order chi connectivity index (χ1) is 14.2. The van der Waals surface area contributed by atoms with Crippen molar-refractivity contribution >= 4 is 11.7 Å². The summed E-state index contributed by atoms with van der Waals surface area (Å²) in [5.41, 5.74) is 0.842. The summed E-state index contributed by atoms with van der Waals surface area (Å²) >= 11 is 0. The molecular formula is C23H29N3O3. The van der Waals surface area contributed by atoms with E-state index in [9.17, 15) is 9.90 Å². The number of carbonyl (C=O) groups is 1. The average molecular weight is 396 g/mol. The van der Waals surface area contributed by atoms with Gasteiger partial charge in [-0.15, -0.1) is 0 Å². The van der Waals surface area contributed by atoms with Crippen LogP contribution in [0, 0.1) is 5.92 Å². The number of anilines is 1. The van der Waals surface area contributed by atoms with Gasteiger partial charge in [-0.1, -0.05) is 18.2 Å². The van der Waals surface area contributed by atoms with E-state index < -0.39 is 0 Å². The number of piperidine rings is 1. The summed E-state index contributed by atoms with van der Waals surface area (Å²) in [5.74, 6) is 1.76. The summed E-state index contributed by atoms with van der Waals surface area (Å²) in [6.07, 6.45) is 2.28. The molecule has 0 aromatic heterocycles. The van der Waals surface area contributed by atoms with Crippen LogP contribution in [-0.2, 0) is 0 Å². The van der Waals surface area contributed by atoms with Crippen molar-refractivity contribution in [1.82, 2.24) is 9.80 Å². The first kappa shape index (κ1) is 19.6. The summed E-state index contributed by atoms with van der Waals surface area (Å²) in [7, 11) is 0. The molecule has 2 aliphatic rings. The monoisotopic (exact) mass is 395 g/mol. The largest absolute Gasteiger partial charge is 0.508 e. The maximum atomic E-state index is 12.7. The molecule has 0 spiro atoms. The third kappa shape index (κ3) is 5.01. The minimum atomic E-state index is 0.0573. The number of aromatic hydroxyl groups is 1. The van der Waals surface area contributed by atoms with E-state index in [4.69, 9.17) is 4.74 Å². The Balaban J connectivity index is 1.18. The Bertz CT molecular complexity index is 789. The van der Waals surface area contributed by atoms with Crippen molar-refractivity contribution in [2.24, 2.45) is 5.92 Å². The molecule has 29 heavy (non-hydrogen) atoms. The Morgan fingerprint density at radius 1 is 0.897 bits per heavy atom. The number of rotatable bonds is 7. The standard InChI is InChI=1S/C23H29N3O3/c27-21-8-6-20(7-9-21)26-17-16-25(23(26)28)15-14-24-12-10-19(11-13-24)18-29-22-4-2-1-3-5-22/h1-9,19,27H,10-18H2. The minimum absolute atomic E-state index is 0.0573. The molecule has 0 atom stereocenters. The molecule has 2 fully saturated rings. The van der Waals surface area contributed by atoms with Crippen LogP contribution < -0.4 is 9.64 Å². The molecule has 6 heteroatoms. The van der Waals surface area contributed by atoms with Gasteiger partial charge in [0.1, 0.15) is 11.5 Å². The van der Waals surface area contributed by atoms with Gasteiger partial charge in [0.15, 0.2) is 0 Å². The highest BCUT2D eigenvalue weighted by molar-refractivity contribution is 5.94. The van der Waals surface area contributed by atoms with Crippen molar-refractivity contribution in [3.8, 4) is 11.5 Å². The maximum absolute atomic E-state index is 12.7. The fraction of sp³-hybridized carbons (Fsp3) is 0.435. The zero-order valence-corrected chi connectivity index (χ0v) is 16.7. The van der Waals surface area contributed by atoms with Crippen LogP contribution in [0.15, 0.2) is 54.6 Å². The van der Waals surface area contributed by atoms with Crippen molar-refractivity contribution in [3.63, 3.8) is 0 Å². The fourth-order valence-corrected chi connectivity index (χ4v) is 4.03. The van der Waals surface area contributed by atoms with E-state index in [2.05, 4.69) is 4.90 Å².